The first-order valence-corrected chi connectivity index (χ1v) is 10.0. The fourth-order valence-corrected chi connectivity index (χ4v) is 4.75. The number of amides is 1. The Morgan fingerprint density at radius 1 is 1.23 bits per heavy atom. The lowest BCUT2D eigenvalue weighted by molar-refractivity contribution is -0.111. The minimum absolute atomic E-state index is 0.00417. The summed E-state index contributed by atoms with van der Waals surface area (Å²) in [6.45, 7) is 2.79. The number of carbonyl (C=O) groups excluding carboxylic acids is 1. The molecule has 1 fully saturated rings. The topological polar surface area (TPSA) is 79.6 Å². The fourth-order valence-electron chi connectivity index (χ4n) is 2.73. The van der Waals surface area contributed by atoms with Gasteiger partial charge in [0, 0.05) is 24.9 Å². The molecule has 0 radical (unpaired) electrons. The summed E-state index contributed by atoms with van der Waals surface area (Å²) in [5.74, 6) is 0.913. The average Bonchev–Trinajstić information content (AvgIpc) is 3.26. The first kappa shape index (κ1) is 18.7. The van der Waals surface area contributed by atoms with Crippen molar-refractivity contribution >= 4 is 39.3 Å². The number of rotatable bonds is 5. The second-order valence-electron chi connectivity index (χ2n) is 6.03. The molecule has 3 rings (SSSR count). The third-order valence-corrected chi connectivity index (χ3v) is 6.42. The molecular formula is C18H19ClN2O4S. The molecule has 1 N–H and O–H groups in total. The van der Waals surface area contributed by atoms with Gasteiger partial charge in [-0.05, 0) is 56.2 Å². The molecule has 8 heteroatoms. The zero-order valence-corrected chi connectivity index (χ0v) is 15.8. The van der Waals surface area contributed by atoms with Gasteiger partial charge in [-0.15, -0.1) is 0 Å². The number of nitrogens with one attached hydrogen (secondary N) is 1. The van der Waals surface area contributed by atoms with Crippen LogP contribution in [0.3, 0.4) is 0 Å². The van der Waals surface area contributed by atoms with Crippen molar-refractivity contribution in [2.75, 3.05) is 18.4 Å². The van der Waals surface area contributed by atoms with Gasteiger partial charge in [0.05, 0.1) is 5.02 Å². The molecule has 1 aromatic heterocycles. The highest BCUT2D eigenvalue weighted by molar-refractivity contribution is 7.89. The van der Waals surface area contributed by atoms with E-state index in [2.05, 4.69) is 5.32 Å². The van der Waals surface area contributed by atoms with Crippen LogP contribution < -0.4 is 5.32 Å². The van der Waals surface area contributed by atoms with E-state index in [0.717, 1.165) is 18.6 Å². The highest BCUT2D eigenvalue weighted by atomic mass is 35.5. The van der Waals surface area contributed by atoms with Crippen LogP contribution in [0.2, 0.25) is 5.02 Å². The minimum atomic E-state index is -3.66. The highest BCUT2D eigenvalue weighted by Crippen LogP contribution is 2.29. The maximum atomic E-state index is 12.7. The van der Waals surface area contributed by atoms with Gasteiger partial charge >= 0.3 is 0 Å². The first-order chi connectivity index (χ1) is 12.4. The van der Waals surface area contributed by atoms with E-state index in [1.54, 1.807) is 24.3 Å². The van der Waals surface area contributed by atoms with E-state index in [0.29, 0.717) is 24.5 Å². The van der Waals surface area contributed by atoms with Crippen LogP contribution in [-0.2, 0) is 14.8 Å². The van der Waals surface area contributed by atoms with Crippen LogP contribution in [0.5, 0.6) is 0 Å². The van der Waals surface area contributed by atoms with Crippen molar-refractivity contribution in [1.29, 1.82) is 0 Å². The summed E-state index contributed by atoms with van der Waals surface area (Å²) < 4.78 is 32.2. The molecule has 1 saturated heterocycles. The molecule has 0 bridgehead atoms. The number of aryl methyl sites for hydroxylation is 1. The number of sulfonamides is 1. The number of benzene rings is 1. The number of hydrogen-bond donors (Lipinski definition) is 1. The van der Waals surface area contributed by atoms with Gasteiger partial charge in [0.25, 0.3) is 0 Å². The number of halogens is 1. The Morgan fingerprint density at radius 3 is 2.62 bits per heavy atom. The standard InChI is InChI=1S/C18H19ClN2O4S/c1-13-4-6-15(25-13)7-9-18(22)20-14-5-8-16(19)17(12-14)26(23,24)21-10-2-3-11-21/h4-9,12H,2-3,10-11H2,1H3,(H,20,22)/b9-7+. The normalized spacial score (nSPS) is 15.6. The van der Waals surface area contributed by atoms with Crippen molar-refractivity contribution in [1.82, 2.24) is 4.31 Å². The molecule has 1 amide bonds. The second kappa shape index (κ2) is 7.65. The molecule has 138 valence electrons. The lowest BCUT2D eigenvalue weighted by Gasteiger charge is -2.17. The van der Waals surface area contributed by atoms with E-state index in [4.69, 9.17) is 16.0 Å². The van der Waals surface area contributed by atoms with E-state index in [1.807, 2.05) is 6.92 Å². The molecule has 6 nitrogen and oxygen atoms in total. The number of furan rings is 1. The molecular weight excluding hydrogens is 376 g/mol. The number of anilines is 1. The second-order valence-corrected chi connectivity index (χ2v) is 8.34. The van der Waals surface area contributed by atoms with Crippen molar-refractivity contribution in [2.45, 2.75) is 24.7 Å². The van der Waals surface area contributed by atoms with Gasteiger partial charge < -0.3 is 9.73 Å². The quantitative estimate of drug-likeness (QED) is 0.784. The molecule has 26 heavy (non-hydrogen) atoms. The molecule has 0 aliphatic carbocycles. The van der Waals surface area contributed by atoms with Gasteiger partial charge in [-0.2, -0.15) is 4.31 Å². The van der Waals surface area contributed by atoms with Gasteiger partial charge in [-0.25, -0.2) is 8.42 Å². The van der Waals surface area contributed by atoms with Crippen LogP contribution >= 0.6 is 11.6 Å². The molecule has 2 aromatic rings. The monoisotopic (exact) mass is 394 g/mol. The van der Waals surface area contributed by atoms with Gasteiger partial charge in [0.2, 0.25) is 15.9 Å². The van der Waals surface area contributed by atoms with Crippen LogP contribution in [0.25, 0.3) is 6.08 Å². The van der Waals surface area contributed by atoms with E-state index < -0.39 is 15.9 Å². The van der Waals surface area contributed by atoms with E-state index in [-0.39, 0.29) is 9.92 Å². The van der Waals surface area contributed by atoms with Crippen molar-refractivity contribution in [2.24, 2.45) is 0 Å². The summed E-state index contributed by atoms with van der Waals surface area (Å²) in [5.41, 5.74) is 0.359. The summed E-state index contributed by atoms with van der Waals surface area (Å²) in [4.78, 5) is 12.1. The smallest absolute Gasteiger partial charge is 0.248 e. The predicted octanol–water partition coefficient (Wildman–Crippen LogP) is 3.68. The number of carbonyl (C=O) groups is 1. The van der Waals surface area contributed by atoms with Crippen molar-refractivity contribution in [3.05, 3.63) is 53.0 Å². The van der Waals surface area contributed by atoms with Gasteiger partial charge in [-0.1, -0.05) is 11.6 Å². The maximum absolute atomic E-state index is 12.7. The maximum Gasteiger partial charge on any atom is 0.248 e. The first-order valence-electron chi connectivity index (χ1n) is 8.21. The summed E-state index contributed by atoms with van der Waals surface area (Å²) in [7, 11) is -3.66. The third-order valence-electron chi connectivity index (χ3n) is 4.04. The highest BCUT2D eigenvalue weighted by Gasteiger charge is 2.29. The molecule has 0 saturated carbocycles. The Labute approximate surface area is 157 Å². The Hall–Kier alpha value is -2.09. The van der Waals surface area contributed by atoms with Crippen LogP contribution in [-0.4, -0.2) is 31.7 Å². The van der Waals surface area contributed by atoms with Crippen molar-refractivity contribution in [3.63, 3.8) is 0 Å². The van der Waals surface area contributed by atoms with Gasteiger partial charge in [0.1, 0.15) is 16.4 Å². The van der Waals surface area contributed by atoms with E-state index >= 15 is 0 Å². The van der Waals surface area contributed by atoms with E-state index in [1.165, 1.54) is 22.5 Å². The van der Waals surface area contributed by atoms with Crippen LogP contribution in [0.1, 0.15) is 24.4 Å². The largest absolute Gasteiger partial charge is 0.462 e. The third kappa shape index (κ3) is 4.17. The average molecular weight is 395 g/mol. The molecule has 1 aliphatic rings. The van der Waals surface area contributed by atoms with Crippen LogP contribution in [0.15, 0.2) is 45.7 Å². The Bertz CT molecular complexity index is 944. The van der Waals surface area contributed by atoms with Crippen molar-refractivity contribution in [3.8, 4) is 0 Å². The zero-order chi connectivity index (χ0) is 18.7. The summed E-state index contributed by atoms with van der Waals surface area (Å²) >= 11 is 6.09. The number of nitrogens with zero attached hydrogens (tertiary/aromatic N) is 1. The Balaban J connectivity index is 1.77. The van der Waals surface area contributed by atoms with Gasteiger partial charge in [0.15, 0.2) is 0 Å². The molecule has 0 spiro atoms. The molecule has 1 aliphatic heterocycles. The summed E-state index contributed by atoms with van der Waals surface area (Å²) in [6, 6.07) is 7.97. The summed E-state index contributed by atoms with van der Waals surface area (Å²) in [5, 5.41) is 2.78. The minimum Gasteiger partial charge on any atom is -0.462 e. The molecule has 1 aromatic carbocycles. The molecule has 2 heterocycles. The van der Waals surface area contributed by atoms with Crippen LogP contribution in [0, 0.1) is 6.92 Å². The lowest BCUT2D eigenvalue weighted by atomic mass is 10.3. The SMILES string of the molecule is Cc1ccc(/C=C/C(=O)Nc2ccc(Cl)c(S(=O)(=O)N3CCCC3)c2)o1. The lowest BCUT2D eigenvalue weighted by Crippen LogP contribution is -2.28. The predicted molar refractivity (Wildman–Crippen MR) is 101 cm³/mol. The summed E-state index contributed by atoms with van der Waals surface area (Å²) in [6.07, 6.45) is 4.54. The Kier molecular flexibility index (Phi) is 5.50. The van der Waals surface area contributed by atoms with Crippen molar-refractivity contribution < 1.29 is 17.6 Å². The Morgan fingerprint density at radius 2 is 1.96 bits per heavy atom. The molecule has 0 unspecified atom stereocenters. The fraction of sp³-hybridized carbons (Fsp3) is 0.278. The molecule has 0 atom stereocenters. The zero-order valence-electron chi connectivity index (χ0n) is 14.2. The van der Waals surface area contributed by atoms with Gasteiger partial charge in [-0.3, -0.25) is 4.79 Å². The van der Waals surface area contributed by atoms with Crippen LogP contribution in [0.4, 0.5) is 5.69 Å². The number of hydrogen-bond acceptors (Lipinski definition) is 4. The van der Waals surface area contributed by atoms with E-state index in [9.17, 15) is 13.2 Å².